The molecule has 0 aliphatic heterocycles. The molecule has 0 bridgehead atoms. The summed E-state index contributed by atoms with van der Waals surface area (Å²) in [6.07, 6.45) is 0. The van der Waals surface area contributed by atoms with Crippen LogP contribution in [-0.4, -0.2) is 10.9 Å². The number of carbonyl (C=O) groups excluding carboxylic acids is 1. The minimum absolute atomic E-state index is 0.0760. The van der Waals surface area contributed by atoms with Crippen LogP contribution in [0.15, 0.2) is 35.7 Å². The van der Waals surface area contributed by atoms with E-state index in [1.807, 2.05) is 19.1 Å². The molecule has 2 heterocycles. The molecule has 0 fully saturated rings. The second-order valence-electron chi connectivity index (χ2n) is 4.53. The number of thiazole rings is 1. The molecular formula is C15H10F2N2OS2. The van der Waals surface area contributed by atoms with Gasteiger partial charge in [0, 0.05) is 16.3 Å². The van der Waals surface area contributed by atoms with Crippen molar-refractivity contribution in [2.45, 2.75) is 6.92 Å². The highest BCUT2D eigenvalue weighted by molar-refractivity contribution is 7.21. The van der Waals surface area contributed by atoms with Gasteiger partial charge in [-0.2, -0.15) is 0 Å². The Bertz CT molecular complexity index is 842. The summed E-state index contributed by atoms with van der Waals surface area (Å²) in [6, 6.07) is 6.91. The molecule has 0 aliphatic carbocycles. The van der Waals surface area contributed by atoms with Gasteiger partial charge in [0.05, 0.1) is 10.6 Å². The summed E-state index contributed by atoms with van der Waals surface area (Å²) >= 11 is 2.93. The Kier molecular flexibility index (Phi) is 4.00. The van der Waals surface area contributed by atoms with Gasteiger partial charge in [-0.25, -0.2) is 13.8 Å². The molecule has 0 unspecified atom stereocenters. The summed E-state index contributed by atoms with van der Waals surface area (Å²) in [4.78, 5) is 18.5. The third-order valence-electron chi connectivity index (χ3n) is 2.87. The van der Waals surface area contributed by atoms with E-state index in [-0.39, 0.29) is 11.4 Å². The molecule has 0 saturated carbocycles. The molecule has 0 saturated heterocycles. The van der Waals surface area contributed by atoms with E-state index in [1.54, 1.807) is 16.7 Å². The quantitative estimate of drug-likeness (QED) is 0.752. The Morgan fingerprint density at radius 2 is 2.05 bits per heavy atom. The van der Waals surface area contributed by atoms with Crippen LogP contribution < -0.4 is 5.32 Å². The molecule has 1 aromatic carbocycles. The van der Waals surface area contributed by atoms with Crippen molar-refractivity contribution < 1.29 is 13.6 Å². The first-order chi connectivity index (χ1) is 10.5. The molecule has 0 spiro atoms. The number of amides is 1. The van der Waals surface area contributed by atoms with Crippen molar-refractivity contribution in [1.29, 1.82) is 0 Å². The number of rotatable bonds is 3. The Labute approximate surface area is 133 Å². The summed E-state index contributed by atoms with van der Waals surface area (Å²) in [5.41, 5.74) is 0.127. The van der Waals surface area contributed by atoms with Crippen molar-refractivity contribution in [3.63, 3.8) is 0 Å². The van der Waals surface area contributed by atoms with E-state index in [2.05, 4.69) is 10.3 Å². The van der Waals surface area contributed by atoms with Crippen molar-refractivity contribution in [3.05, 3.63) is 57.9 Å². The first-order valence-corrected chi connectivity index (χ1v) is 8.01. The number of hydrogen-bond donors (Lipinski definition) is 1. The fourth-order valence-electron chi connectivity index (χ4n) is 1.82. The summed E-state index contributed by atoms with van der Waals surface area (Å²) in [5.74, 6) is -2.04. The molecule has 3 rings (SSSR count). The molecule has 3 aromatic rings. The van der Waals surface area contributed by atoms with Crippen LogP contribution in [0.2, 0.25) is 0 Å². The zero-order chi connectivity index (χ0) is 15.7. The number of benzene rings is 1. The number of aromatic nitrogens is 1. The highest BCUT2D eigenvalue weighted by Crippen LogP contribution is 2.30. The van der Waals surface area contributed by atoms with Crippen LogP contribution in [0.3, 0.4) is 0 Å². The van der Waals surface area contributed by atoms with Gasteiger partial charge in [0.1, 0.15) is 22.3 Å². The van der Waals surface area contributed by atoms with Crippen molar-refractivity contribution in [3.8, 4) is 9.88 Å². The maximum atomic E-state index is 13.5. The summed E-state index contributed by atoms with van der Waals surface area (Å²) in [7, 11) is 0. The maximum absolute atomic E-state index is 13.5. The Hall–Kier alpha value is -2.12. The monoisotopic (exact) mass is 336 g/mol. The molecule has 22 heavy (non-hydrogen) atoms. The lowest BCUT2D eigenvalue weighted by Crippen LogP contribution is -2.13. The molecule has 2 aromatic heterocycles. The van der Waals surface area contributed by atoms with Gasteiger partial charge in [0.2, 0.25) is 0 Å². The lowest BCUT2D eigenvalue weighted by atomic mass is 10.3. The van der Waals surface area contributed by atoms with Crippen LogP contribution in [0.5, 0.6) is 0 Å². The van der Waals surface area contributed by atoms with E-state index in [1.165, 1.54) is 17.4 Å². The minimum atomic E-state index is -0.822. The van der Waals surface area contributed by atoms with E-state index in [4.69, 9.17) is 0 Å². The van der Waals surface area contributed by atoms with Crippen LogP contribution in [0.1, 0.15) is 15.4 Å². The van der Waals surface area contributed by atoms with E-state index >= 15 is 0 Å². The number of nitrogens with one attached hydrogen (secondary N) is 1. The zero-order valence-corrected chi connectivity index (χ0v) is 13.0. The number of hydrogen-bond acceptors (Lipinski definition) is 4. The molecule has 1 amide bonds. The molecule has 0 atom stereocenters. The molecule has 7 heteroatoms. The lowest BCUT2D eigenvalue weighted by molar-refractivity contribution is 0.102. The van der Waals surface area contributed by atoms with Crippen molar-refractivity contribution in [2.24, 2.45) is 0 Å². The first-order valence-electron chi connectivity index (χ1n) is 6.31. The minimum Gasteiger partial charge on any atom is -0.318 e. The zero-order valence-electron chi connectivity index (χ0n) is 11.4. The molecule has 0 radical (unpaired) electrons. The second kappa shape index (κ2) is 5.94. The van der Waals surface area contributed by atoms with E-state index in [9.17, 15) is 13.6 Å². The number of nitrogens with zero attached hydrogens (tertiary/aromatic N) is 1. The van der Waals surface area contributed by atoms with Crippen LogP contribution in [0.25, 0.3) is 9.88 Å². The van der Waals surface area contributed by atoms with Crippen LogP contribution in [-0.2, 0) is 0 Å². The summed E-state index contributed by atoms with van der Waals surface area (Å²) in [6.45, 7) is 1.99. The average Bonchev–Trinajstić information content (AvgIpc) is 3.10. The lowest BCUT2D eigenvalue weighted by Gasteiger charge is -2.04. The van der Waals surface area contributed by atoms with Gasteiger partial charge in [-0.3, -0.25) is 4.79 Å². The SMILES string of the molecule is Cc1ccc(-c2nc(C(=O)Nc3ccc(F)cc3F)cs2)s1. The number of anilines is 1. The predicted molar refractivity (Wildman–Crippen MR) is 84.5 cm³/mol. The number of halogens is 2. The van der Waals surface area contributed by atoms with Gasteiger partial charge in [-0.1, -0.05) is 0 Å². The number of thiophene rings is 1. The van der Waals surface area contributed by atoms with Gasteiger partial charge >= 0.3 is 0 Å². The van der Waals surface area contributed by atoms with Crippen molar-refractivity contribution in [2.75, 3.05) is 5.32 Å². The van der Waals surface area contributed by atoms with E-state index < -0.39 is 17.5 Å². The number of aryl methyl sites for hydroxylation is 1. The Morgan fingerprint density at radius 3 is 2.73 bits per heavy atom. The van der Waals surface area contributed by atoms with Gasteiger partial charge in [0.25, 0.3) is 5.91 Å². The topological polar surface area (TPSA) is 42.0 Å². The van der Waals surface area contributed by atoms with Crippen molar-refractivity contribution >= 4 is 34.3 Å². The maximum Gasteiger partial charge on any atom is 0.275 e. The van der Waals surface area contributed by atoms with Crippen LogP contribution in [0.4, 0.5) is 14.5 Å². The average molecular weight is 336 g/mol. The van der Waals surface area contributed by atoms with Gasteiger partial charge in [-0.05, 0) is 31.2 Å². The van der Waals surface area contributed by atoms with Crippen LogP contribution in [0, 0.1) is 18.6 Å². The second-order valence-corrected chi connectivity index (χ2v) is 6.67. The normalized spacial score (nSPS) is 10.7. The fraction of sp³-hybridized carbons (Fsp3) is 0.0667. The molecule has 3 nitrogen and oxygen atoms in total. The Morgan fingerprint density at radius 1 is 1.23 bits per heavy atom. The van der Waals surface area contributed by atoms with Crippen molar-refractivity contribution in [1.82, 2.24) is 4.98 Å². The highest BCUT2D eigenvalue weighted by Gasteiger charge is 2.15. The number of carbonyl (C=O) groups is 1. The largest absolute Gasteiger partial charge is 0.318 e. The summed E-state index contributed by atoms with van der Waals surface area (Å²) in [5, 5.41) is 4.74. The van der Waals surface area contributed by atoms with Gasteiger partial charge in [-0.15, -0.1) is 22.7 Å². The molecular weight excluding hydrogens is 326 g/mol. The first kappa shape index (κ1) is 14.8. The molecule has 112 valence electrons. The highest BCUT2D eigenvalue weighted by atomic mass is 32.1. The molecule has 0 aliphatic rings. The third kappa shape index (κ3) is 3.05. The standard InChI is InChI=1S/C15H10F2N2OS2/c1-8-2-5-13(22-8)15-19-12(7-21-15)14(20)18-11-4-3-9(16)6-10(11)17/h2-7H,1H3,(H,18,20). The van der Waals surface area contributed by atoms with E-state index in [0.717, 1.165) is 26.9 Å². The van der Waals surface area contributed by atoms with Gasteiger partial charge in [0.15, 0.2) is 0 Å². The van der Waals surface area contributed by atoms with Gasteiger partial charge < -0.3 is 5.32 Å². The van der Waals surface area contributed by atoms with E-state index in [0.29, 0.717) is 0 Å². The molecule has 1 N–H and O–H groups in total. The fourth-order valence-corrected chi connectivity index (χ4v) is 3.56. The summed E-state index contributed by atoms with van der Waals surface area (Å²) < 4.78 is 26.4. The Balaban J connectivity index is 1.79. The van der Waals surface area contributed by atoms with Crippen LogP contribution >= 0.6 is 22.7 Å². The third-order valence-corrected chi connectivity index (χ3v) is 4.88. The smallest absolute Gasteiger partial charge is 0.275 e. The predicted octanol–water partition coefficient (Wildman–Crippen LogP) is 4.71.